The molecule has 18 heavy (non-hydrogen) atoms. The van der Waals surface area contributed by atoms with Gasteiger partial charge in [0.15, 0.2) is 17.6 Å². The lowest BCUT2D eigenvalue weighted by atomic mass is 10.2. The molecule has 1 unspecified atom stereocenters. The third-order valence-corrected chi connectivity index (χ3v) is 2.49. The van der Waals surface area contributed by atoms with Crippen LogP contribution in [0.15, 0.2) is 6.33 Å². The molecule has 1 atom stereocenters. The molecule has 0 spiro atoms. The Labute approximate surface area is 102 Å². The summed E-state index contributed by atoms with van der Waals surface area (Å²) in [4.78, 5) is 25.9. The van der Waals surface area contributed by atoms with E-state index in [1.165, 1.54) is 13.4 Å². The molecule has 96 valence electrons. The molecule has 2 aromatic heterocycles. The lowest BCUT2D eigenvalue weighted by Crippen LogP contribution is -2.22. The van der Waals surface area contributed by atoms with Crippen LogP contribution in [-0.4, -0.2) is 44.2 Å². The Bertz CT molecular complexity index is 568. The second kappa shape index (κ2) is 4.96. The average molecular weight is 251 g/mol. The number of nitrogens with zero attached hydrogens (tertiary/aromatic N) is 3. The zero-order chi connectivity index (χ0) is 13.1. The van der Waals surface area contributed by atoms with Crippen molar-refractivity contribution in [1.82, 2.24) is 19.9 Å². The highest BCUT2D eigenvalue weighted by molar-refractivity contribution is 5.81. The van der Waals surface area contributed by atoms with Crippen LogP contribution in [0.2, 0.25) is 0 Å². The molecular weight excluding hydrogens is 238 g/mol. The van der Waals surface area contributed by atoms with Crippen LogP contribution < -0.4 is 5.73 Å². The number of anilines is 1. The molecule has 2 heterocycles. The lowest BCUT2D eigenvalue weighted by molar-refractivity contribution is -0.150. The predicted octanol–water partition coefficient (Wildman–Crippen LogP) is -0.598. The van der Waals surface area contributed by atoms with E-state index >= 15 is 0 Å². The van der Waals surface area contributed by atoms with Gasteiger partial charge in [-0.05, 0) is 6.42 Å². The van der Waals surface area contributed by atoms with Crippen molar-refractivity contribution in [3.05, 3.63) is 12.2 Å². The number of aliphatic hydroxyl groups is 1. The molecule has 0 radical (unpaired) electrons. The number of ether oxygens (including phenoxy) is 1. The van der Waals surface area contributed by atoms with E-state index < -0.39 is 12.1 Å². The van der Waals surface area contributed by atoms with Crippen LogP contribution >= 0.6 is 0 Å². The van der Waals surface area contributed by atoms with Crippen molar-refractivity contribution in [3.63, 3.8) is 0 Å². The van der Waals surface area contributed by atoms with E-state index in [0.717, 1.165) is 0 Å². The number of nitrogens with two attached hydrogens (primary N) is 1. The molecule has 0 fully saturated rings. The Morgan fingerprint density at radius 3 is 3.06 bits per heavy atom. The Morgan fingerprint density at radius 2 is 2.39 bits per heavy atom. The second-order valence-electron chi connectivity index (χ2n) is 3.72. The van der Waals surface area contributed by atoms with Gasteiger partial charge in [0, 0.05) is 6.42 Å². The minimum Gasteiger partial charge on any atom is -0.467 e. The normalized spacial score (nSPS) is 12.6. The molecule has 0 saturated carbocycles. The SMILES string of the molecule is COC(=O)C(O)CCc1nc2ncnc(N)c2[nH]1. The van der Waals surface area contributed by atoms with Gasteiger partial charge in [0.25, 0.3) is 0 Å². The number of rotatable bonds is 4. The lowest BCUT2D eigenvalue weighted by Gasteiger charge is -2.05. The Kier molecular flexibility index (Phi) is 3.38. The molecule has 8 nitrogen and oxygen atoms in total. The highest BCUT2D eigenvalue weighted by Gasteiger charge is 2.16. The highest BCUT2D eigenvalue weighted by atomic mass is 16.5. The number of aromatic amines is 1. The largest absolute Gasteiger partial charge is 0.467 e. The third kappa shape index (κ3) is 2.38. The predicted molar refractivity (Wildman–Crippen MR) is 62.4 cm³/mol. The number of aryl methyl sites for hydroxylation is 1. The number of carbonyl (C=O) groups excluding carboxylic acids is 1. The van der Waals surface area contributed by atoms with Crippen molar-refractivity contribution in [2.24, 2.45) is 0 Å². The number of imidazole rings is 1. The van der Waals surface area contributed by atoms with Crippen LogP contribution in [0.3, 0.4) is 0 Å². The van der Waals surface area contributed by atoms with Gasteiger partial charge in [0.2, 0.25) is 0 Å². The van der Waals surface area contributed by atoms with Gasteiger partial charge in [-0.1, -0.05) is 0 Å². The van der Waals surface area contributed by atoms with E-state index in [-0.39, 0.29) is 6.42 Å². The average Bonchev–Trinajstić information content (AvgIpc) is 2.79. The smallest absolute Gasteiger partial charge is 0.334 e. The first-order valence-electron chi connectivity index (χ1n) is 5.32. The first-order chi connectivity index (χ1) is 8.61. The molecule has 0 amide bonds. The van der Waals surface area contributed by atoms with Gasteiger partial charge in [-0.25, -0.2) is 19.7 Å². The minimum absolute atomic E-state index is 0.208. The standard InChI is InChI=1S/C10H13N5O3/c1-18-10(17)5(16)2-3-6-14-7-8(11)12-4-13-9(7)15-6/h4-5,16H,2-3H2,1H3,(H3,11,12,13,14,15). The summed E-state index contributed by atoms with van der Waals surface area (Å²) in [6.07, 6.45) is 0.754. The molecule has 0 saturated heterocycles. The summed E-state index contributed by atoms with van der Waals surface area (Å²) < 4.78 is 4.42. The number of H-pyrrole nitrogens is 1. The first kappa shape index (κ1) is 12.2. The van der Waals surface area contributed by atoms with Gasteiger partial charge in [-0.2, -0.15) is 0 Å². The van der Waals surface area contributed by atoms with Crippen LogP contribution in [0.1, 0.15) is 12.2 Å². The van der Waals surface area contributed by atoms with Crippen LogP contribution in [0.25, 0.3) is 11.2 Å². The molecule has 0 aliphatic heterocycles. The van der Waals surface area contributed by atoms with Crippen LogP contribution in [-0.2, 0) is 16.0 Å². The quantitative estimate of drug-likeness (QED) is 0.619. The van der Waals surface area contributed by atoms with E-state index in [4.69, 9.17) is 5.73 Å². The molecule has 0 aliphatic rings. The van der Waals surface area contributed by atoms with Crippen molar-refractivity contribution in [1.29, 1.82) is 0 Å². The molecule has 0 aliphatic carbocycles. The van der Waals surface area contributed by atoms with Crippen LogP contribution in [0.5, 0.6) is 0 Å². The second-order valence-corrected chi connectivity index (χ2v) is 3.72. The van der Waals surface area contributed by atoms with Crippen molar-refractivity contribution in [3.8, 4) is 0 Å². The summed E-state index contributed by atoms with van der Waals surface area (Å²) in [7, 11) is 1.23. The van der Waals surface area contributed by atoms with E-state index in [1.807, 2.05) is 0 Å². The number of aromatic nitrogens is 4. The fraction of sp³-hybridized carbons (Fsp3) is 0.400. The molecule has 2 rings (SSSR count). The van der Waals surface area contributed by atoms with Crippen molar-refractivity contribution >= 4 is 23.0 Å². The van der Waals surface area contributed by atoms with E-state index in [1.54, 1.807) is 0 Å². The van der Waals surface area contributed by atoms with Crippen LogP contribution in [0.4, 0.5) is 5.82 Å². The van der Waals surface area contributed by atoms with Gasteiger partial charge >= 0.3 is 5.97 Å². The molecule has 0 aromatic carbocycles. The summed E-state index contributed by atoms with van der Waals surface area (Å²) in [5.41, 5.74) is 6.67. The zero-order valence-electron chi connectivity index (χ0n) is 9.75. The summed E-state index contributed by atoms with van der Waals surface area (Å²) in [6.45, 7) is 0. The summed E-state index contributed by atoms with van der Waals surface area (Å²) in [5, 5.41) is 9.44. The number of hydrogen-bond donors (Lipinski definition) is 3. The number of methoxy groups -OCH3 is 1. The summed E-state index contributed by atoms with van der Waals surface area (Å²) >= 11 is 0. The number of esters is 1. The fourth-order valence-electron chi connectivity index (χ4n) is 1.54. The summed E-state index contributed by atoms with van der Waals surface area (Å²) in [5.74, 6) is 0.234. The minimum atomic E-state index is -1.16. The van der Waals surface area contributed by atoms with Gasteiger partial charge in [0.05, 0.1) is 7.11 Å². The van der Waals surface area contributed by atoms with E-state index in [9.17, 15) is 9.90 Å². The molecule has 8 heteroatoms. The molecule has 2 aromatic rings. The van der Waals surface area contributed by atoms with Crippen LogP contribution in [0, 0.1) is 0 Å². The molecular formula is C10H13N5O3. The molecule has 4 N–H and O–H groups in total. The number of aliphatic hydroxyl groups excluding tert-OH is 1. The van der Waals surface area contributed by atoms with Crippen molar-refractivity contribution < 1.29 is 14.6 Å². The van der Waals surface area contributed by atoms with Crippen molar-refractivity contribution in [2.45, 2.75) is 18.9 Å². The molecule has 0 bridgehead atoms. The van der Waals surface area contributed by atoms with Gasteiger partial charge in [-0.15, -0.1) is 0 Å². The van der Waals surface area contributed by atoms with E-state index in [2.05, 4.69) is 24.7 Å². The Balaban J connectivity index is 2.09. The Morgan fingerprint density at radius 1 is 1.61 bits per heavy atom. The number of nitrogen functional groups attached to an aromatic ring is 1. The van der Waals surface area contributed by atoms with E-state index in [0.29, 0.717) is 29.2 Å². The van der Waals surface area contributed by atoms with Gasteiger partial charge < -0.3 is 20.6 Å². The third-order valence-electron chi connectivity index (χ3n) is 2.49. The monoisotopic (exact) mass is 251 g/mol. The number of nitrogens with one attached hydrogen (secondary N) is 1. The summed E-state index contributed by atoms with van der Waals surface area (Å²) in [6, 6.07) is 0. The number of carbonyl (C=O) groups is 1. The number of fused-ring (bicyclic) bond motifs is 1. The van der Waals surface area contributed by atoms with Gasteiger partial charge in [-0.3, -0.25) is 0 Å². The topological polar surface area (TPSA) is 127 Å². The number of hydrogen-bond acceptors (Lipinski definition) is 7. The maximum Gasteiger partial charge on any atom is 0.334 e. The first-order valence-corrected chi connectivity index (χ1v) is 5.32. The zero-order valence-corrected chi connectivity index (χ0v) is 9.75. The maximum absolute atomic E-state index is 11.0. The maximum atomic E-state index is 11.0. The van der Waals surface area contributed by atoms with Gasteiger partial charge in [0.1, 0.15) is 17.7 Å². The van der Waals surface area contributed by atoms with Crippen molar-refractivity contribution in [2.75, 3.05) is 12.8 Å². The fourth-order valence-corrected chi connectivity index (χ4v) is 1.54. The Hall–Kier alpha value is -2.22. The highest BCUT2D eigenvalue weighted by Crippen LogP contribution is 2.14.